The maximum absolute atomic E-state index is 13.0. The van der Waals surface area contributed by atoms with Crippen molar-refractivity contribution in [3.05, 3.63) is 95.6 Å². The molecule has 1 aliphatic rings. The van der Waals surface area contributed by atoms with E-state index >= 15 is 0 Å². The topological polar surface area (TPSA) is 59.0 Å². The molecule has 1 amide bonds. The summed E-state index contributed by atoms with van der Waals surface area (Å²) in [6, 6.07) is 26.4. The quantitative estimate of drug-likeness (QED) is 0.523. The van der Waals surface area contributed by atoms with Crippen molar-refractivity contribution in [2.24, 2.45) is 0 Å². The van der Waals surface area contributed by atoms with Crippen LogP contribution >= 0.6 is 0 Å². The molecule has 0 radical (unpaired) electrons. The first kappa shape index (κ1) is 21.1. The summed E-state index contributed by atoms with van der Waals surface area (Å²) in [5, 5.41) is 8.91. The summed E-state index contributed by atoms with van der Waals surface area (Å²) < 4.78 is 11.2. The van der Waals surface area contributed by atoms with Crippen LogP contribution in [-0.2, 0) is 16.0 Å². The van der Waals surface area contributed by atoms with Crippen molar-refractivity contribution in [2.45, 2.75) is 12.5 Å². The van der Waals surface area contributed by atoms with Gasteiger partial charge in [0, 0.05) is 19.0 Å². The predicted molar refractivity (Wildman–Crippen MR) is 120 cm³/mol. The van der Waals surface area contributed by atoms with E-state index < -0.39 is 0 Å². The Bertz CT molecular complexity index is 960. The van der Waals surface area contributed by atoms with E-state index in [-0.39, 0.29) is 31.8 Å². The standard InChI is InChI=1S/C26H27NO4/c28-15-17-30-16-14-27(18-20-8-2-1-3-9-20)26(29)31-19-25-23-12-6-4-10-21(23)22-11-5-7-13-24(22)25/h1-13,25,28H,14-19H2. The molecule has 0 aromatic heterocycles. The Morgan fingerprint density at radius 3 is 2.10 bits per heavy atom. The van der Waals surface area contributed by atoms with Gasteiger partial charge in [0.05, 0.1) is 19.8 Å². The third-order valence-electron chi connectivity index (χ3n) is 5.55. The van der Waals surface area contributed by atoms with Crippen LogP contribution in [0.2, 0.25) is 0 Å². The number of amides is 1. The molecule has 0 spiro atoms. The molecule has 160 valence electrons. The zero-order valence-corrected chi connectivity index (χ0v) is 17.4. The highest BCUT2D eigenvalue weighted by Gasteiger charge is 2.29. The summed E-state index contributed by atoms with van der Waals surface area (Å²) in [5.41, 5.74) is 5.82. The summed E-state index contributed by atoms with van der Waals surface area (Å²) >= 11 is 0. The first-order valence-corrected chi connectivity index (χ1v) is 10.6. The number of hydrogen-bond donors (Lipinski definition) is 1. The molecule has 0 bridgehead atoms. The Balaban J connectivity index is 1.45. The number of nitrogens with zero attached hydrogens (tertiary/aromatic N) is 1. The van der Waals surface area contributed by atoms with Crippen molar-refractivity contribution >= 4 is 6.09 Å². The van der Waals surface area contributed by atoms with Gasteiger partial charge in [-0.1, -0.05) is 78.9 Å². The SMILES string of the molecule is O=C(OCC1c2ccccc2-c2ccccc21)N(CCOCCO)Cc1ccccc1. The number of rotatable bonds is 9. The molecule has 1 aliphatic carbocycles. The van der Waals surface area contributed by atoms with E-state index in [1.165, 1.54) is 22.3 Å². The Labute approximate surface area is 182 Å². The Hall–Kier alpha value is -3.15. The molecule has 0 unspecified atom stereocenters. The smallest absolute Gasteiger partial charge is 0.410 e. The summed E-state index contributed by atoms with van der Waals surface area (Å²) in [4.78, 5) is 14.6. The lowest BCUT2D eigenvalue weighted by Crippen LogP contribution is -2.35. The average molecular weight is 418 g/mol. The number of ether oxygens (including phenoxy) is 2. The minimum Gasteiger partial charge on any atom is -0.448 e. The van der Waals surface area contributed by atoms with Gasteiger partial charge < -0.3 is 19.5 Å². The fourth-order valence-electron chi connectivity index (χ4n) is 4.07. The zero-order valence-electron chi connectivity index (χ0n) is 17.4. The summed E-state index contributed by atoms with van der Waals surface area (Å²) in [5.74, 6) is 0.0283. The molecule has 1 N–H and O–H groups in total. The molecule has 0 saturated heterocycles. The van der Waals surface area contributed by atoms with E-state index in [9.17, 15) is 4.79 Å². The molecular formula is C26H27NO4. The lowest BCUT2D eigenvalue weighted by molar-refractivity contribution is 0.0581. The van der Waals surface area contributed by atoms with Crippen LogP contribution in [0.1, 0.15) is 22.6 Å². The molecule has 5 heteroatoms. The Kier molecular flexibility index (Phi) is 6.97. The highest BCUT2D eigenvalue weighted by molar-refractivity contribution is 5.79. The van der Waals surface area contributed by atoms with Crippen molar-refractivity contribution in [2.75, 3.05) is 33.0 Å². The monoisotopic (exact) mass is 417 g/mol. The second-order valence-electron chi connectivity index (χ2n) is 7.55. The molecule has 4 rings (SSSR count). The van der Waals surface area contributed by atoms with E-state index in [0.717, 1.165) is 5.56 Å². The summed E-state index contributed by atoms with van der Waals surface area (Å²) in [6.07, 6.45) is -0.363. The second-order valence-corrected chi connectivity index (χ2v) is 7.55. The molecule has 0 fully saturated rings. The fraction of sp³-hybridized carbons (Fsp3) is 0.269. The molecule has 0 aliphatic heterocycles. The molecular weight excluding hydrogens is 390 g/mol. The van der Waals surface area contributed by atoms with Crippen LogP contribution in [-0.4, -0.2) is 49.1 Å². The number of carbonyl (C=O) groups is 1. The van der Waals surface area contributed by atoms with E-state index in [1.54, 1.807) is 4.90 Å². The largest absolute Gasteiger partial charge is 0.448 e. The van der Waals surface area contributed by atoms with Gasteiger partial charge in [-0.2, -0.15) is 0 Å². The van der Waals surface area contributed by atoms with Crippen LogP contribution in [0.5, 0.6) is 0 Å². The van der Waals surface area contributed by atoms with Gasteiger partial charge >= 0.3 is 6.09 Å². The first-order chi connectivity index (χ1) is 15.3. The van der Waals surface area contributed by atoms with Gasteiger partial charge in [0.1, 0.15) is 6.61 Å². The van der Waals surface area contributed by atoms with Crippen molar-refractivity contribution in [3.8, 4) is 11.1 Å². The van der Waals surface area contributed by atoms with Crippen LogP contribution in [0.3, 0.4) is 0 Å². The lowest BCUT2D eigenvalue weighted by Gasteiger charge is -2.23. The maximum atomic E-state index is 13.0. The normalized spacial score (nSPS) is 12.3. The predicted octanol–water partition coefficient (Wildman–Crippen LogP) is 4.45. The summed E-state index contributed by atoms with van der Waals surface area (Å²) in [7, 11) is 0. The van der Waals surface area contributed by atoms with Crippen molar-refractivity contribution in [1.82, 2.24) is 4.90 Å². The molecule has 5 nitrogen and oxygen atoms in total. The maximum Gasteiger partial charge on any atom is 0.410 e. The number of hydrogen-bond acceptors (Lipinski definition) is 4. The van der Waals surface area contributed by atoms with E-state index in [0.29, 0.717) is 19.7 Å². The van der Waals surface area contributed by atoms with Gasteiger partial charge in [0.2, 0.25) is 0 Å². The van der Waals surface area contributed by atoms with Gasteiger partial charge in [0.15, 0.2) is 0 Å². The van der Waals surface area contributed by atoms with Crippen LogP contribution in [0.25, 0.3) is 11.1 Å². The number of carbonyl (C=O) groups excluding carboxylic acids is 1. The van der Waals surface area contributed by atoms with Gasteiger partial charge in [-0.05, 0) is 27.8 Å². The van der Waals surface area contributed by atoms with Gasteiger partial charge in [-0.3, -0.25) is 0 Å². The van der Waals surface area contributed by atoms with Gasteiger partial charge in [-0.15, -0.1) is 0 Å². The highest BCUT2D eigenvalue weighted by Crippen LogP contribution is 2.44. The summed E-state index contributed by atoms with van der Waals surface area (Å²) in [6.45, 7) is 1.69. The van der Waals surface area contributed by atoms with E-state index in [1.807, 2.05) is 54.6 Å². The molecule has 31 heavy (non-hydrogen) atoms. The molecule has 3 aromatic rings. The Morgan fingerprint density at radius 2 is 1.45 bits per heavy atom. The Morgan fingerprint density at radius 1 is 0.839 bits per heavy atom. The number of benzene rings is 3. The third-order valence-corrected chi connectivity index (χ3v) is 5.55. The number of aliphatic hydroxyl groups excluding tert-OH is 1. The minimum absolute atomic E-state index is 0.0283. The first-order valence-electron chi connectivity index (χ1n) is 10.6. The molecule has 0 heterocycles. The minimum atomic E-state index is -0.363. The highest BCUT2D eigenvalue weighted by atomic mass is 16.6. The van der Waals surface area contributed by atoms with Crippen LogP contribution in [0, 0.1) is 0 Å². The van der Waals surface area contributed by atoms with Gasteiger partial charge in [-0.25, -0.2) is 4.79 Å². The fourth-order valence-corrected chi connectivity index (χ4v) is 4.07. The van der Waals surface area contributed by atoms with E-state index in [4.69, 9.17) is 14.6 Å². The van der Waals surface area contributed by atoms with E-state index in [2.05, 4.69) is 24.3 Å². The molecule has 0 saturated carbocycles. The van der Waals surface area contributed by atoms with Crippen LogP contribution in [0.15, 0.2) is 78.9 Å². The number of fused-ring (bicyclic) bond motifs is 3. The zero-order chi connectivity index (χ0) is 21.5. The van der Waals surface area contributed by atoms with Crippen molar-refractivity contribution in [3.63, 3.8) is 0 Å². The molecule has 0 atom stereocenters. The van der Waals surface area contributed by atoms with Crippen LogP contribution in [0.4, 0.5) is 4.79 Å². The van der Waals surface area contributed by atoms with Crippen LogP contribution < -0.4 is 0 Å². The van der Waals surface area contributed by atoms with Crippen molar-refractivity contribution < 1.29 is 19.4 Å². The van der Waals surface area contributed by atoms with Gasteiger partial charge in [0.25, 0.3) is 0 Å². The average Bonchev–Trinajstić information content (AvgIpc) is 3.14. The lowest BCUT2D eigenvalue weighted by atomic mass is 9.98. The van der Waals surface area contributed by atoms with Crippen molar-refractivity contribution in [1.29, 1.82) is 0 Å². The second kappa shape index (κ2) is 10.2. The number of aliphatic hydroxyl groups is 1. The molecule has 3 aromatic carbocycles. The third kappa shape index (κ3) is 4.95.